The Labute approximate surface area is 146 Å². The van der Waals surface area contributed by atoms with Crippen molar-refractivity contribution in [3.63, 3.8) is 0 Å². The van der Waals surface area contributed by atoms with Gasteiger partial charge in [0.05, 0.1) is 12.7 Å². The molecule has 1 aromatic heterocycles. The maximum atomic E-state index is 12.7. The molecule has 0 aliphatic rings. The van der Waals surface area contributed by atoms with Crippen molar-refractivity contribution in [1.29, 1.82) is 0 Å². The van der Waals surface area contributed by atoms with Gasteiger partial charge in [0.15, 0.2) is 0 Å². The zero-order valence-corrected chi connectivity index (χ0v) is 15.0. The fourth-order valence-corrected chi connectivity index (χ4v) is 2.93. The number of hydrogen-bond acceptors (Lipinski definition) is 3. The average molecular weight is 349 g/mol. The molecule has 24 heavy (non-hydrogen) atoms. The number of aromatic nitrogens is 1. The predicted octanol–water partition coefficient (Wildman–Crippen LogP) is 4.28. The third kappa shape index (κ3) is 3.62. The van der Waals surface area contributed by atoms with E-state index in [2.05, 4.69) is 10.3 Å². The number of H-pyrrole nitrogens is 1. The molecule has 1 amide bonds. The number of carbonyl (C=O) groups is 2. The maximum absolute atomic E-state index is 12.7. The van der Waals surface area contributed by atoms with Gasteiger partial charge in [-0.15, -0.1) is 0 Å². The molecular formula is C18H21ClN2O3. The second-order valence-corrected chi connectivity index (χ2v) is 6.07. The Morgan fingerprint density at radius 1 is 1.29 bits per heavy atom. The van der Waals surface area contributed by atoms with E-state index in [0.717, 1.165) is 12.0 Å². The van der Waals surface area contributed by atoms with Crippen LogP contribution in [0.5, 0.6) is 0 Å². The van der Waals surface area contributed by atoms with Gasteiger partial charge in [-0.3, -0.25) is 4.79 Å². The molecule has 2 aromatic rings. The first-order valence-corrected chi connectivity index (χ1v) is 8.14. The van der Waals surface area contributed by atoms with Gasteiger partial charge in [-0.25, -0.2) is 4.79 Å². The fourth-order valence-electron chi connectivity index (χ4n) is 2.70. The summed E-state index contributed by atoms with van der Waals surface area (Å²) < 4.78 is 4.84. The Bertz CT molecular complexity index is 781. The van der Waals surface area contributed by atoms with E-state index in [9.17, 15) is 9.59 Å². The third-order valence-electron chi connectivity index (χ3n) is 3.84. The first kappa shape index (κ1) is 18.1. The first-order valence-electron chi connectivity index (χ1n) is 7.76. The molecule has 2 rings (SSSR count). The van der Waals surface area contributed by atoms with Gasteiger partial charge >= 0.3 is 5.97 Å². The van der Waals surface area contributed by atoms with Crippen molar-refractivity contribution in [2.24, 2.45) is 0 Å². The van der Waals surface area contributed by atoms with Crippen LogP contribution in [0.4, 0.5) is 5.69 Å². The summed E-state index contributed by atoms with van der Waals surface area (Å²) in [5.41, 5.74) is 3.69. The third-order valence-corrected chi connectivity index (χ3v) is 4.08. The second kappa shape index (κ2) is 7.53. The molecule has 0 saturated heterocycles. The van der Waals surface area contributed by atoms with Crippen molar-refractivity contribution >= 4 is 29.2 Å². The van der Waals surface area contributed by atoms with Crippen molar-refractivity contribution in [3.05, 3.63) is 51.3 Å². The van der Waals surface area contributed by atoms with Gasteiger partial charge in [-0.2, -0.15) is 0 Å². The fraction of sp³-hybridized carbons (Fsp3) is 0.333. The van der Waals surface area contributed by atoms with Gasteiger partial charge in [0.25, 0.3) is 5.91 Å². The van der Waals surface area contributed by atoms with Gasteiger partial charge in [-0.1, -0.05) is 24.9 Å². The van der Waals surface area contributed by atoms with Crippen LogP contribution in [0.2, 0.25) is 5.02 Å². The minimum atomic E-state index is -0.436. The molecule has 1 aromatic carbocycles. The van der Waals surface area contributed by atoms with Gasteiger partial charge < -0.3 is 15.0 Å². The number of nitrogens with one attached hydrogen (secondary N) is 2. The van der Waals surface area contributed by atoms with E-state index in [0.29, 0.717) is 39.6 Å². The molecule has 0 spiro atoms. The summed E-state index contributed by atoms with van der Waals surface area (Å²) in [5, 5.41) is 3.48. The Balaban J connectivity index is 2.40. The zero-order chi connectivity index (χ0) is 17.9. The van der Waals surface area contributed by atoms with E-state index in [1.54, 1.807) is 25.1 Å². The number of methoxy groups -OCH3 is 1. The number of hydrogen-bond donors (Lipinski definition) is 2. The van der Waals surface area contributed by atoms with Gasteiger partial charge in [0, 0.05) is 16.4 Å². The van der Waals surface area contributed by atoms with Crippen LogP contribution < -0.4 is 5.32 Å². The summed E-state index contributed by atoms with van der Waals surface area (Å²) in [7, 11) is 1.33. The summed E-state index contributed by atoms with van der Waals surface area (Å²) >= 11 is 5.94. The number of aryl methyl sites for hydroxylation is 2. The van der Waals surface area contributed by atoms with Crippen LogP contribution in [0.1, 0.15) is 51.0 Å². The lowest BCUT2D eigenvalue weighted by Gasteiger charge is -2.10. The van der Waals surface area contributed by atoms with Crippen LogP contribution in [0.15, 0.2) is 18.2 Å². The summed E-state index contributed by atoms with van der Waals surface area (Å²) in [6.07, 6.45) is 1.42. The summed E-state index contributed by atoms with van der Waals surface area (Å²) in [6.45, 7) is 5.62. The molecule has 0 unspecified atom stereocenters. The van der Waals surface area contributed by atoms with Crippen molar-refractivity contribution in [3.8, 4) is 0 Å². The predicted molar refractivity (Wildman–Crippen MR) is 95.0 cm³/mol. The monoisotopic (exact) mass is 348 g/mol. The Kier molecular flexibility index (Phi) is 5.67. The molecule has 0 aliphatic heterocycles. The standard InChI is InChI=1S/C18H21ClN2O3/c1-5-6-13-15(18(23)24-4)11(3)20-16(13)17(22)21-14-8-7-12(19)9-10(14)2/h7-9,20H,5-6H2,1-4H3,(H,21,22). The Hall–Kier alpha value is -2.27. The van der Waals surface area contributed by atoms with Gasteiger partial charge in [-0.05, 0) is 49.6 Å². The van der Waals surface area contributed by atoms with E-state index in [1.165, 1.54) is 7.11 Å². The van der Waals surface area contributed by atoms with Gasteiger partial charge in [0.1, 0.15) is 5.69 Å². The highest BCUT2D eigenvalue weighted by atomic mass is 35.5. The zero-order valence-electron chi connectivity index (χ0n) is 14.2. The first-order chi connectivity index (χ1) is 11.4. The molecule has 2 N–H and O–H groups in total. The number of esters is 1. The van der Waals surface area contributed by atoms with Gasteiger partial charge in [0.2, 0.25) is 0 Å². The SMILES string of the molecule is CCCc1c(C(=O)Nc2ccc(Cl)cc2C)[nH]c(C)c1C(=O)OC. The van der Waals surface area contributed by atoms with E-state index >= 15 is 0 Å². The molecule has 0 radical (unpaired) electrons. The molecule has 128 valence electrons. The molecular weight excluding hydrogens is 328 g/mol. The van der Waals surface area contributed by atoms with Crippen LogP contribution in [0, 0.1) is 13.8 Å². The molecule has 0 atom stereocenters. The highest BCUT2D eigenvalue weighted by molar-refractivity contribution is 6.30. The van der Waals surface area contributed by atoms with Crippen LogP contribution in [-0.4, -0.2) is 24.0 Å². The van der Waals surface area contributed by atoms with Crippen molar-refractivity contribution in [2.75, 3.05) is 12.4 Å². The minimum Gasteiger partial charge on any atom is -0.465 e. The van der Waals surface area contributed by atoms with E-state index < -0.39 is 5.97 Å². The summed E-state index contributed by atoms with van der Waals surface area (Å²) in [6, 6.07) is 5.26. The molecule has 0 fully saturated rings. The number of carbonyl (C=O) groups excluding carboxylic acids is 2. The Morgan fingerprint density at radius 3 is 2.58 bits per heavy atom. The molecule has 0 bridgehead atoms. The van der Waals surface area contributed by atoms with Crippen LogP contribution >= 0.6 is 11.6 Å². The number of halogens is 1. The topological polar surface area (TPSA) is 71.2 Å². The lowest BCUT2D eigenvalue weighted by atomic mass is 10.0. The van der Waals surface area contributed by atoms with Crippen molar-refractivity contribution in [2.45, 2.75) is 33.6 Å². The van der Waals surface area contributed by atoms with Crippen molar-refractivity contribution < 1.29 is 14.3 Å². The van der Waals surface area contributed by atoms with Crippen LogP contribution in [-0.2, 0) is 11.2 Å². The highest BCUT2D eigenvalue weighted by Gasteiger charge is 2.24. The number of benzene rings is 1. The summed E-state index contributed by atoms with van der Waals surface area (Å²) in [5.74, 6) is -0.726. The van der Waals surface area contributed by atoms with Crippen LogP contribution in [0.3, 0.4) is 0 Å². The second-order valence-electron chi connectivity index (χ2n) is 5.63. The lowest BCUT2D eigenvalue weighted by molar-refractivity contribution is 0.0599. The lowest BCUT2D eigenvalue weighted by Crippen LogP contribution is -2.16. The van der Waals surface area contributed by atoms with Crippen molar-refractivity contribution in [1.82, 2.24) is 4.98 Å². The maximum Gasteiger partial charge on any atom is 0.339 e. The van der Waals surface area contributed by atoms with Crippen LogP contribution in [0.25, 0.3) is 0 Å². The number of anilines is 1. The molecule has 0 aliphatic carbocycles. The highest BCUT2D eigenvalue weighted by Crippen LogP contribution is 2.24. The largest absolute Gasteiger partial charge is 0.465 e. The minimum absolute atomic E-state index is 0.290. The number of amides is 1. The number of aromatic amines is 1. The quantitative estimate of drug-likeness (QED) is 0.792. The molecule has 5 nitrogen and oxygen atoms in total. The Morgan fingerprint density at radius 2 is 2.00 bits per heavy atom. The normalized spacial score (nSPS) is 10.5. The number of ether oxygens (including phenoxy) is 1. The molecule has 0 saturated carbocycles. The molecule has 1 heterocycles. The van der Waals surface area contributed by atoms with E-state index in [-0.39, 0.29) is 5.91 Å². The average Bonchev–Trinajstić information content (AvgIpc) is 2.86. The van der Waals surface area contributed by atoms with E-state index in [1.807, 2.05) is 13.8 Å². The summed E-state index contributed by atoms with van der Waals surface area (Å²) in [4.78, 5) is 27.7. The smallest absolute Gasteiger partial charge is 0.339 e. The number of rotatable bonds is 5. The molecule has 6 heteroatoms. The van der Waals surface area contributed by atoms with E-state index in [4.69, 9.17) is 16.3 Å².